The molecule has 0 aliphatic heterocycles. The molecule has 4 rings (SSSR count). The minimum absolute atomic E-state index is 0.157. The minimum atomic E-state index is 0.157. The number of rotatable bonds is 6. The Hall–Kier alpha value is -3.53. The smallest absolute Gasteiger partial charge is 0.232 e. The molecule has 0 fully saturated rings. The van der Waals surface area contributed by atoms with E-state index in [-0.39, 0.29) is 5.95 Å². The number of aromatic nitrogens is 7. The maximum absolute atomic E-state index is 5.88. The molecule has 0 atom stereocenters. The second-order valence-electron chi connectivity index (χ2n) is 6.88. The summed E-state index contributed by atoms with van der Waals surface area (Å²) in [5, 5.41) is 15.9. The van der Waals surface area contributed by atoms with E-state index in [4.69, 9.17) is 5.73 Å². The molecular weight excluding hydrogens is 398 g/mol. The van der Waals surface area contributed by atoms with Gasteiger partial charge in [0.05, 0.1) is 11.4 Å². The Kier molecular flexibility index (Phi) is 5.57. The number of hydrogen-bond donors (Lipinski definition) is 2. The van der Waals surface area contributed by atoms with Crippen molar-refractivity contribution in [3.8, 4) is 5.69 Å². The van der Waals surface area contributed by atoms with E-state index in [0.29, 0.717) is 22.7 Å². The molecule has 0 aliphatic carbocycles. The van der Waals surface area contributed by atoms with Gasteiger partial charge in [-0.2, -0.15) is 19.6 Å². The molecule has 10 heteroatoms. The highest BCUT2D eigenvalue weighted by Crippen LogP contribution is 2.24. The summed E-state index contributed by atoms with van der Waals surface area (Å²) < 4.78 is 1.72. The summed E-state index contributed by atoms with van der Waals surface area (Å²) in [7, 11) is 0. The number of anilines is 3. The fraction of sp³-hybridized carbons (Fsp3) is 0.200. The van der Waals surface area contributed by atoms with Crippen molar-refractivity contribution in [2.75, 3.05) is 11.1 Å². The van der Waals surface area contributed by atoms with E-state index in [0.717, 1.165) is 16.9 Å². The molecule has 30 heavy (non-hydrogen) atoms. The topological polar surface area (TPSA) is 120 Å². The number of benzene rings is 2. The first kappa shape index (κ1) is 19.8. The highest BCUT2D eigenvalue weighted by Gasteiger charge is 2.13. The molecule has 9 nitrogen and oxygen atoms in total. The highest BCUT2D eigenvalue weighted by atomic mass is 32.2. The van der Waals surface area contributed by atoms with Crippen LogP contribution in [0.4, 0.5) is 17.6 Å². The molecule has 2 heterocycles. The van der Waals surface area contributed by atoms with E-state index < -0.39 is 0 Å². The molecule has 152 valence electrons. The normalized spacial score (nSPS) is 10.9. The van der Waals surface area contributed by atoms with Crippen molar-refractivity contribution >= 4 is 29.3 Å². The van der Waals surface area contributed by atoms with Gasteiger partial charge in [-0.15, -0.1) is 5.10 Å². The number of aryl methyl sites for hydroxylation is 3. The predicted molar refractivity (Wildman–Crippen MR) is 117 cm³/mol. The summed E-state index contributed by atoms with van der Waals surface area (Å²) >= 11 is 1.43. The Morgan fingerprint density at radius 1 is 0.967 bits per heavy atom. The third kappa shape index (κ3) is 4.54. The molecule has 2 aromatic carbocycles. The van der Waals surface area contributed by atoms with Crippen LogP contribution in [0.25, 0.3) is 5.69 Å². The van der Waals surface area contributed by atoms with Gasteiger partial charge in [0.15, 0.2) is 0 Å². The van der Waals surface area contributed by atoms with Crippen molar-refractivity contribution in [3.05, 3.63) is 65.0 Å². The van der Waals surface area contributed by atoms with Gasteiger partial charge in [-0.05, 0) is 55.0 Å². The van der Waals surface area contributed by atoms with Crippen LogP contribution in [-0.2, 0) is 5.75 Å². The molecule has 0 radical (unpaired) electrons. The van der Waals surface area contributed by atoms with Gasteiger partial charge in [0, 0.05) is 5.69 Å². The number of nitrogens with zero attached hydrogens (tertiary/aromatic N) is 7. The molecular formula is C20H21N9S. The van der Waals surface area contributed by atoms with Gasteiger partial charge in [-0.25, -0.2) is 0 Å². The average molecular weight is 420 g/mol. The van der Waals surface area contributed by atoms with Crippen molar-refractivity contribution in [2.24, 2.45) is 0 Å². The number of nitrogen functional groups attached to an aromatic ring is 1. The van der Waals surface area contributed by atoms with Gasteiger partial charge in [0.25, 0.3) is 0 Å². The standard InChI is InChI=1S/C20H21N9S/c1-12-4-7-15(8-5-12)22-19-24-17(23-18(21)25-19)11-30-20-26-27-28-29(20)16-9-6-13(2)10-14(16)3/h4-10H,11H2,1-3H3,(H3,21,22,23,24,25). The summed E-state index contributed by atoms with van der Waals surface area (Å²) in [5.74, 6) is 1.54. The summed E-state index contributed by atoms with van der Waals surface area (Å²) in [6.45, 7) is 6.12. The fourth-order valence-electron chi connectivity index (χ4n) is 2.92. The van der Waals surface area contributed by atoms with E-state index >= 15 is 0 Å². The van der Waals surface area contributed by atoms with Gasteiger partial charge in [0.2, 0.25) is 17.1 Å². The van der Waals surface area contributed by atoms with E-state index in [1.165, 1.54) is 22.9 Å². The van der Waals surface area contributed by atoms with Crippen LogP contribution in [-0.4, -0.2) is 35.2 Å². The van der Waals surface area contributed by atoms with E-state index in [2.05, 4.69) is 48.8 Å². The van der Waals surface area contributed by atoms with Gasteiger partial charge < -0.3 is 11.1 Å². The lowest BCUT2D eigenvalue weighted by Gasteiger charge is -2.09. The Balaban J connectivity index is 1.51. The van der Waals surface area contributed by atoms with Crippen LogP contribution in [0.5, 0.6) is 0 Å². The number of hydrogen-bond acceptors (Lipinski definition) is 9. The van der Waals surface area contributed by atoms with Gasteiger partial charge in [-0.1, -0.05) is 47.2 Å². The Morgan fingerprint density at radius 2 is 1.73 bits per heavy atom. The van der Waals surface area contributed by atoms with Gasteiger partial charge in [0.1, 0.15) is 5.82 Å². The van der Waals surface area contributed by atoms with Crippen molar-refractivity contribution in [1.29, 1.82) is 0 Å². The third-order valence-corrected chi connectivity index (χ3v) is 5.27. The molecule has 0 amide bonds. The van der Waals surface area contributed by atoms with E-state index in [9.17, 15) is 0 Å². The van der Waals surface area contributed by atoms with E-state index in [1.807, 2.05) is 50.2 Å². The summed E-state index contributed by atoms with van der Waals surface area (Å²) in [6, 6.07) is 14.1. The molecule has 0 unspecified atom stereocenters. The minimum Gasteiger partial charge on any atom is -0.368 e. The summed E-state index contributed by atoms with van der Waals surface area (Å²) in [6.07, 6.45) is 0. The third-order valence-electron chi connectivity index (χ3n) is 4.36. The Labute approximate surface area is 178 Å². The Bertz CT molecular complexity index is 1170. The first-order valence-corrected chi connectivity index (χ1v) is 10.3. The molecule has 2 aromatic heterocycles. The second kappa shape index (κ2) is 8.46. The maximum atomic E-state index is 5.88. The van der Waals surface area contributed by atoms with Gasteiger partial charge >= 0.3 is 0 Å². The zero-order chi connectivity index (χ0) is 21.1. The fourth-order valence-corrected chi connectivity index (χ4v) is 3.66. The largest absolute Gasteiger partial charge is 0.368 e. The zero-order valence-corrected chi connectivity index (χ0v) is 17.7. The predicted octanol–water partition coefficient (Wildman–Crippen LogP) is 3.39. The zero-order valence-electron chi connectivity index (χ0n) is 16.9. The van der Waals surface area contributed by atoms with Crippen LogP contribution in [0.2, 0.25) is 0 Å². The quantitative estimate of drug-likeness (QED) is 0.453. The average Bonchev–Trinajstić information content (AvgIpc) is 3.16. The molecule has 3 N–H and O–H groups in total. The van der Waals surface area contributed by atoms with Crippen molar-refractivity contribution < 1.29 is 0 Å². The van der Waals surface area contributed by atoms with Crippen molar-refractivity contribution in [1.82, 2.24) is 35.2 Å². The summed E-state index contributed by atoms with van der Waals surface area (Å²) in [5.41, 5.74) is 11.2. The number of thioether (sulfide) groups is 1. The molecule has 4 aromatic rings. The number of nitrogens with two attached hydrogens (primary N) is 1. The van der Waals surface area contributed by atoms with Crippen LogP contribution in [0.15, 0.2) is 47.6 Å². The number of nitrogens with one attached hydrogen (secondary N) is 1. The maximum Gasteiger partial charge on any atom is 0.232 e. The second-order valence-corrected chi connectivity index (χ2v) is 7.82. The number of tetrazole rings is 1. The van der Waals surface area contributed by atoms with Gasteiger partial charge in [-0.3, -0.25) is 0 Å². The SMILES string of the molecule is Cc1ccc(Nc2nc(N)nc(CSc3nnnn3-c3ccc(C)cc3C)n2)cc1. The molecule has 0 saturated heterocycles. The van der Waals surface area contributed by atoms with Crippen molar-refractivity contribution in [3.63, 3.8) is 0 Å². The van der Waals surface area contributed by atoms with E-state index in [1.54, 1.807) is 4.68 Å². The van der Waals surface area contributed by atoms with Crippen LogP contribution >= 0.6 is 11.8 Å². The van der Waals surface area contributed by atoms with Crippen molar-refractivity contribution in [2.45, 2.75) is 31.7 Å². The van der Waals surface area contributed by atoms with Crippen LogP contribution in [0.3, 0.4) is 0 Å². The Morgan fingerprint density at radius 3 is 2.50 bits per heavy atom. The van der Waals surface area contributed by atoms with Crippen LogP contribution in [0, 0.1) is 20.8 Å². The molecule has 0 spiro atoms. The summed E-state index contributed by atoms with van der Waals surface area (Å²) in [4.78, 5) is 12.9. The lowest BCUT2D eigenvalue weighted by atomic mass is 10.1. The molecule has 0 bridgehead atoms. The van der Waals surface area contributed by atoms with Crippen LogP contribution < -0.4 is 11.1 Å². The first-order valence-electron chi connectivity index (χ1n) is 9.31. The first-order chi connectivity index (χ1) is 14.5. The van der Waals surface area contributed by atoms with Crippen LogP contribution in [0.1, 0.15) is 22.5 Å². The molecule has 0 saturated carbocycles. The lowest BCUT2D eigenvalue weighted by molar-refractivity contribution is 0.751. The highest BCUT2D eigenvalue weighted by molar-refractivity contribution is 7.98. The monoisotopic (exact) mass is 419 g/mol. The molecule has 0 aliphatic rings. The lowest BCUT2D eigenvalue weighted by Crippen LogP contribution is -2.07.